The van der Waals surface area contributed by atoms with Gasteiger partial charge < -0.3 is 5.32 Å². The Balaban J connectivity index is 2.41. The van der Waals surface area contributed by atoms with Gasteiger partial charge in [0.05, 0.1) is 5.38 Å². The van der Waals surface area contributed by atoms with Gasteiger partial charge in [-0.3, -0.25) is 4.79 Å². The van der Waals surface area contributed by atoms with Crippen molar-refractivity contribution in [3.05, 3.63) is 5.38 Å². The van der Waals surface area contributed by atoms with Crippen molar-refractivity contribution in [3.8, 4) is 0 Å². The topological polar surface area (TPSA) is 54.9 Å². The van der Waals surface area contributed by atoms with Gasteiger partial charge in [0.1, 0.15) is 0 Å². The second kappa shape index (κ2) is 4.91. The molecule has 0 aromatic carbocycles. The number of anilines is 1. The molecule has 4 nitrogen and oxygen atoms in total. The lowest BCUT2D eigenvalue weighted by Crippen LogP contribution is -2.20. The summed E-state index contributed by atoms with van der Waals surface area (Å²) in [5, 5.41) is 8.16. The van der Waals surface area contributed by atoms with Crippen molar-refractivity contribution in [2.75, 3.05) is 5.32 Å². The first-order valence-corrected chi connectivity index (χ1v) is 5.15. The minimum absolute atomic E-state index is 0.0227. The summed E-state index contributed by atoms with van der Waals surface area (Å²) in [6.07, 6.45) is 1.92. The van der Waals surface area contributed by atoms with Gasteiger partial charge in [-0.1, -0.05) is 24.8 Å². The summed E-state index contributed by atoms with van der Waals surface area (Å²) in [7, 11) is 0. The highest BCUT2D eigenvalue weighted by Gasteiger charge is 2.12. The maximum Gasteiger partial charge on any atom is 0.228 e. The predicted octanol–water partition coefficient (Wildman–Crippen LogP) is 1.91. The second-order valence-corrected chi connectivity index (χ2v) is 3.58. The van der Waals surface area contributed by atoms with Gasteiger partial charge in [-0.2, -0.15) is 0 Å². The molecule has 0 fully saturated rings. The molecule has 0 saturated carbocycles. The van der Waals surface area contributed by atoms with Crippen LogP contribution in [-0.2, 0) is 4.79 Å². The van der Waals surface area contributed by atoms with Crippen LogP contribution in [0.4, 0.5) is 5.82 Å². The molecular weight excluding hydrogens is 186 g/mol. The van der Waals surface area contributed by atoms with Gasteiger partial charge in [-0.25, -0.2) is 0 Å². The number of nitrogens with one attached hydrogen (secondary N) is 1. The first-order chi connectivity index (χ1) is 6.24. The monoisotopic (exact) mass is 199 g/mol. The summed E-state index contributed by atoms with van der Waals surface area (Å²) in [6, 6.07) is 0. The van der Waals surface area contributed by atoms with Crippen LogP contribution in [0.5, 0.6) is 0 Å². The number of hydrogen-bond acceptors (Lipinski definition) is 4. The molecule has 0 bridgehead atoms. The lowest BCUT2D eigenvalue weighted by molar-refractivity contribution is -0.119. The molecule has 1 amide bonds. The third-order valence-corrected chi connectivity index (χ3v) is 2.29. The summed E-state index contributed by atoms with van der Waals surface area (Å²) in [6.45, 7) is 3.98. The quantitative estimate of drug-likeness (QED) is 0.806. The first kappa shape index (κ1) is 10.1. The number of carbonyl (C=O) groups excluding carboxylic acids is 1. The van der Waals surface area contributed by atoms with Crippen LogP contribution in [0.15, 0.2) is 5.38 Å². The lowest BCUT2D eigenvalue weighted by atomic mass is 10.1. The highest BCUT2D eigenvalue weighted by atomic mass is 32.1. The largest absolute Gasteiger partial charge is 0.308 e. The Morgan fingerprint density at radius 2 is 2.54 bits per heavy atom. The van der Waals surface area contributed by atoms with Gasteiger partial charge >= 0.3 is 0 Å². The molecule has 1 N–H and O–H groups in total. The molecule has 1 aromatic heterocycles. The number of nitrogens with zero attached hydrogens (tertiary/aromatic N) is 2. The van der Waals surface area contributed by atoms with Crippen molar-refractivity contribution in [2.45, 2.75) is 26.7 Å². The molecule has 1 aromatic rings. The molecule has 0 spiro atoms. The normalized spacial score (nSPS) is 12.5. The molecule has 13 heavy (non-hydrogen) atoms. The smallest absolute Gasteiger partial charge is 0.228 e. The van der Waals surface area contributed by atoms with Gasteiger partial charge in [-0.05, 0) is 18.0 Å². The Hall–Kier alpha value is -0.970. The van der Waals surface area contributed by atoms with Gasteiger partial charge in [-0.15, -0.1) is 5.10 Å². The van der Waals surface area contributed by atoms with E-state index >= 15 is 0 Å². The summed E-state index contributed by atoms with van der Waals surface area (Å²) < 4.78 is 3.66. The van der Waals surface area contributed by atoms with Gasteiger partial charge in [0.15, 0.2) is 5.82 Å². The number of hydrogen-bond donors (Lipinski definition) is 1. The molecule has 1 unspecified atom stereocenters. The zero-order valence-electron chi connectivity index (χ0n) is 7.78. The van der Waals surface area contributed by atoms with E-state index in [1.807, 2.05) is 6.92 Å². The van der Waals surface area contributed by atoms with E-state index in [2.05, 4.69) is 21.8 Å². The van der Waals surface area contributed by atoms with Gasteiger partial charge in [0, 0.05) is 5.92 Å². The molecule has 5 heteroatoms. The van der Waals surface area contributed by atoms with E-state index in [-0.39, 0.29) is 11.8 Å². The Morgan fingerprint density at radius 1 is 1.77 bits per heavy atom. The Bertz CT molecular complexity index is 260. The SMILES string of the molecule is CCCC(C)C(=O)Nc1csnn1. The van der Waals surface area contributed by atoms with Crippen LogP contribution in [0.2, 0.25) is 0 Å². The van der Waals surface area contributed by atoms with Crippen molar-refractivity contribution in [1.82, 2.24) is 9.59 Å². The predicted molar refractivity (Wildman–Crippen MR) is 52.6 cm³/mol. The third-order valence-electron chi connectivity index (χ3n) is 1.78. The summed E-state index contributed by atoms with van der Waals surface area (Å²) in [4.78, 5) is 11.4. The van der Waals surface area contributed by atoms with E-state index in [9.17, 15) is 4.79 Å². The fourth-order valence-electron chi connectivity index (χ4n) is 1.03. The van der Waals surface area contributed by atoms with Crippen molar-refractivity contribution in [1.29, 1.82) is 0 Å². The fraction of sp³-hybridized carbons (Fsp3) is 0.625. The van der Waals surface area contributed by atoms with Gasteiger partial charge in [0.2, 0.25) is 5.91 Å². The van der Waals surface area contributed by atoms with E-state index in [4.69, 9.17) is 0 Å². The lowest BCUT2D eigenvalue weighted by Gasteiger charge is -2.08. The van der Waals surface area contributed by atoms with Gasteiger partial charge in [0.25, 0.3) is 0 Å². The second-order valence-electron chi connectivity index (χ2n) is 2.97. The van der Waals surface area contributed by atoms with Crippen LogP contribution in [0.25, 0.3) is 0 Å². The average molecular weight is 199 g/mol. The maximum absolute atomic E-state index is 11.4. The Morgan fingerprint density at radius 3 is 3.08 bits per heavy atom. The first-order valence-electron chi connectivity index (χ1n) is 4.32. The minimum atomic E-state index is 0.0227. The number of amides is 1. The maximum atomic E-state index is 11.4. The third kappa shape index (κ3) is 3.10. The zero-order valence-corrected chi connectivity index (χ0v) is 8.60. The van der Waals surface area contributed by atoms with Crippen molar-refractivity contribution < 1.29 is 4.79 Å². The summed E-state index contributed by atoms with van der Waals surface area (Å²) in [5.74, 6) is 0.624. The molecule has 0 radical (unpaired) electrons. The van der Waals surface area contributed by atoms with Crippen LogP contribution in [-0.4, -0.2) is 15.5 Å². The van der Waals surface area contributed by atoms with E-state index in [0.29, 0.717) is 5.82 Å². The zero-order chi connectivity index (χ0) is 9.68. The Labute approximate surface area is 81.5 Å². The average Bonchev–Trinajstić information content (AvgIpc) is 2.57. The molecular formula is C8H13N3OS. The molecule has 1 rings (SSSR count). The molecule has 0 aliphatic carbocycles. The number of rotatable bonds is 4. The molecule has 0 aliphatic heterocycles. The van der Waals surface area contributed by atoms with E-state index in [1.54, 1.807) is 5.38 Å². The molecule has 0 saturated heterocycles. The highest BCUT2D eigenvalue weighted by molar-refractivity contribution is 7.03. The van der Waals surface area contributed by atoms with Crippen LogP contribution in [0, 0.1) is 5.92 Å². The molecule has 1 heterocycles. The standard InChI is InChI=1S/C8H13N3OS/c1-3-4-6(2)8(12)9-7-5-13-11-10-7/h5-6H,3-4H2,1-2H3,(H,9,12). The van der Waals surface area contributed by atoms with Crippen molar-refractivity contribution in [2.24, 2.45) is 5.92 Å². The van der Waals surface area contributed by atoms with Crippen molar-refractivity contribution in [3.63, 3.8) is 0 Å². The minimum Gasteiger partial charge on any atom is -0.308 e. The summed E-state index contributed by atoms with van der Waals surface area (Å²) >= 11 is 1.23. The van der Waals surface area contributed by atoms with E-state index in [0.717, 1.165) is 12.8 Å². The molecule has 72 valence electrons. The molecule has 1 atom stereocenters. The fourth-order valence-corrected chi connectivity index (χ4v) is 1.42. The number of aromatic nitrogens is 2. The van der Waals surface area contributed by atoms with Crippen LogP contribution >= 0.6 is 11.5 Å². The van der Waals surface area contributed by atoms with Crippen LogP contribution in [0.1, 0.15) is 26.7 Å². The Kier molecular flexibility index (Phi) is 3.82. The molecule has 0 aliphatic rings. The van der Waals surface area contributed by atoms with Crippen LogP contribution < -0.4 is 5.32 Å². The van der Waals surface area contributed by atoms with Crippen molar-refractivity contribution >= 4 is 23.3 Å². The van der Waals surface area contributed by atoms with E-state index < -0.39 is 0 Å². The highest BCUT2D eigenvalue weighted by Crippen LogP contribution is 2.09. The van der Waals surface area contributed by atoms with E-state index in [1.165, 1.54) is 11.5 Å². The number of carbonyl (C=O) groups is 1. The van der Waals surface area contributed by atoms with Crippen LogP contribution in [0.3, 0.4) is 0 Å². The summed E-state index contributed by atoms with van der Waals surface area (Å²) in [5.41, 5.74) is 0.